The summed E-state index contributed by atoms with van der Waals surface area (Å²) < 4.78 is 32.9. The second-order valence-electron chi connectivity index (χ2n) is 5.85. The van der Waals surface area contributed by atoms with Crippen molar-refractivity contribution in [2.75, 3.05) is 6.54 Å². The maximum atomic E-state index is 13.9. The van der Waals surface area contributed by atoms with Crippen LogP contribution in [0.1, 0.15) is 16.8 Å². The van der Waals surface area contributed by atoms with Crippen LogP contribution in [0, 0.1) is 11.6 Å². The largest absolute Gasteiger partial charge is 0.356 e. The molecule has 1 amide bonds. The third kappa shape index (κ3) is 2.44. The van der Waals surface area contributed by atoms with Crippen molar-refractivity contribution in [2.45, 2.75) is 19.4 Å². The number of rotatable bonds is 2. The zero-order valence-electron chi connectivity index (χ0n) is 12.8. The Morgan fingerprint density at radius 3 is 2.71 bits per heavy atom. The van der Waals surface area contributed by atoms with Crippen molar-refractivity contribution in [1.29, 1.82) is 0 Å². The molecule has 1 aliphatic heterocycles. The van der Waals surface area contributed by atoms with Crippen molar-refractivity contribution < 1.29 is 18.1 Å². The summed E-state index contributed by atoms with van der Waals surface area (Å²) in [4.78, 5) is 14.1. The van der Waals surface area contributed by atoms with Gasteiger partial charge in [0.2, 0.25) is 5.91 Å². The van der Waals surface area contributed by atoms with Crippen molar-refractivity contribution in [2.24, 2.45) is 0 Å². The molecule has 2 heterocycles. The van der Waals surface area contributed by atoms with Crippen molar-refractivity contribution >= 4 is 16.9 Å². The number of aromatic nitrogens is 1. The fraction of sp³-hybridized carbons (Fsp3) is 0.222. The normalized spacial score (nSPS) is 14.0. The van der Waals surface area contributed by atoms with Gasteiger partial charge in [-0.15, -0.1) is 0 Å². The molecule has 0 bridgehead atoms. The van der Waals surface area contributed by atoms with E-state index in [0.29, 0.717) is 29.8 Å². The molecule has 4 rings (SSSR count). The summed E-state index contributed by atoms with van der Waals surface area (Å²) in [7, 11) is 0. The van der Waals surface area contributed by atoms with E-state index in [4.69, 9.17) is 4.52 Å². The number of carbonyl (C=O) groups excluding carboxylic acids is 1. The fourth-order valence-electron chi connectivity index (χ4n) is 3.13. The van der Waals surface area contributed by atoms with Gasteiger partial charge >= 0.3 is 0 Å². The van der Waals surface area contributed by atoms with Gasteiger partial charge in [-0.2, -0.15) is 0 Å². The predicted octanol–water partition coefficient (Wildman–Crippen LogP) is 3.23. The first kappa shape index (κ1) is 14.8. The molecular formula is C18H14F2N2O2. The van der Waals surface area contributed by atoms with Gasteiger partial charge in [0.15, 0.2) is 5.58 Å². The fourth-order valence-corrected chi connectivity index (χ4v) is 3.13. The molecule has 6 heteroatoms. The highest BCUT2D eigenvalue weighted by Gasteiger charge is 2.26. The van der Waals surface area contributed by atoms with Crippen LogP contribution in [0.15, 0.2) is 40.9 Å². The molecule has 0 aliphatic carbocycles. The molecule has 3 aromatic rings. The summed E-state index contributed by atoms with van der Waals surface area (Å²) in [6.45, 7) is 0.440. The summed E-state index contributed by atoms with van der Waals surface area (Å²) in [5, 5.41) is 4.74. The molecule has 0 N–H and O–H groups in total. The lowest BCUT2D eigenvalue weighted by Crippen LogP contribution is -2.37. The summed E-state index contributed by atoms with van der Waals surface area (Å²) in [5.74, 6) is -1.07. The Hall–Kier alpha value is -2.76. The first-order valence-electron chi connectivity index (χ1n) is 7.70. The highest BCUT2D eigenvalue weighted by Crippen LogP contribution is 2.25. The van der Waals surface area contributed by atoms with Gasteiger partial charge in [-0.05, 0) is 36.2 Å². The van der Waals surface area contributed by atoms with E-state index in [1.807, 2.05) is 18.2 Å². The number of hydrogen-bond donors (Lipinski definition) is 0. The highest BCUT2D eigenvalue weighted by atomic mass is 19.1. The minimum absolute atomic E-state index is 0.0727. The van der Waals surface area contributed by atoms with Crippen molar-refractivity contribution in [1.82, 2.24) is 10.1 Å². The number of para-hydroxylation sites is 1. The zero-order valence-corrected chi connectivity index (χ0v) is 12.8. The van der Waals surface area contributed by atoms with E-state index >= 15 is 0 Å². The quantitative estimate of drug-likeness (QED) is 0.725. The third-order valence-corrected chi connectivity index (χ3v) is 4.42. The smallest absolute Gasteiger partial charge is 0.229 e. The molecule has 2 aromatic carbocycles. The van der Waals surface area contributed by atoms with E-state index in [-0.39, 0.29) is 24.4 Å². The summed E-state index contributed by atoms with van der Waals surface area (Å²) in [5.41, 5.74) is 1.81. The number of halogens is 2. The molecule has 24 heavy (non-hydrogen) atoms. The van der Waals surface area contributed by atoms with Crippen LogP contribution in [0.5, 0.6) is 0 Å². The van der Waals surface area contributed by atoms with Gasteiger partial charge in [0.1, 0.15) is 17.3 Å². The lowest BCUT2D eigenvalue weighted by Gasteiger charge is -2.29. The number of carbonyl (C=O) groups is 1. The predicted molar refractivity (Wildman–Crippen MR) is 83.2 cm³/mol. The van der Waals surface area contributed by atoms with E-state index in [2.05, 4.69) is 5.16 Å². The van der Waals surface area contributed by atoms with E-state index in [0.717, 1.165) is 17.5 Å². The lowest BCUT2D eigenvalue weighted by molar-refractivity contribution is -0.131. The molecule has 0 radical (unpaired) electrons. The molecule has 0 spiro atoms. The van der Waals surface area contributed by atoms with Crippen molar-refractivity contribution in [3.63, 3.8) is 0 Å². The number of amides is 1. The van der Waals surface area contributed by atoms with Gasteiger partial charge in [0.25, 0.3) is 0 Å². The van der Waals surface area contributed by atoms with Crippen molar-refractivity contribution in [3.05, 3.63) is 64.9 Å². The Labute approximate surface area is 136 Å². The highest BCUT2D eigenvalue weighted by molar-refractivity contribution is 5.86. The van der Waals surface area contributed by atoms with Gasteiger partial charge in [-0.25, -0.2) is 8.78 Å². The topological polar surface area (TPSA) is 46.3 Å². The maximum Gasteiger partial charge on any atom is 0.229 e. The first-order valence-corrected chi connectivity index (χ1v) is 7.70. The van der Waals surface area contributed by atoms with E-state index in [1.165, 1.54) is 4.90 Å². The Balaban J connectivity index is 1.57. The number of nitrogens with zero attached hydrogens (tertiary/aromatic N) is 2. The molecular weight excluding hydrogens is 314 g/mol. The molecule has 0 fully saturated rings. The average Bonchev–Trinajstić information content (AvgIpc) is 3.01. The van der Waals surface area contributed by atoms with Crippen LogP contribution in [0.25, 0.3) is 11.0 Å². The van der Waals surface area contributed by atoms with E-state index in [9.17, 15) is 13.6 Å². The minimum atomic E-state index is -0.476. The first-order chi connectivity index (χ1) is 11.6. The van der Waals surface area contributed by atoms with Gasteiger partial charge < -0.3 is 9.42 Å². The molecule has 0 saturated carbocycles. The van der Waals surface area contributed by atoms with Crippen LogP contribution in [0.3, 0.4) is 0 Å². The van der Waals surface area contributed by atoms with Crippen LogP contribution >= 0.6 is 0 Å². The Morgan fingerprint density at radius 1 is 1.12 bits per heavy atom. The standard InChI is InChI=1S/C18H14F2N2O2/c19-14-5-6-15(20)13-10-22(8-7-11(13)14)18(23)9-16-12-3-1-2-4-17(12)24-21-16/h1-6H,7-10H2. The molecule has 1 aromatic heterocycles. The number of benzene rings is 2. The van der Waals surface area contributed by atoms with E-state index < -0.39 is 11.6 Å². The molecule has 0 unspecified atom stereocenters. The summed E-state index contributed by atoms with van der Waals surface area (Å²) >= 11 is 0. The van der Waals surface area contributed by atoms with Gasteiger partial charge in [0, 0.05) is 24.0 Å². The monoisotopic (exact) mass is 328 g/mol. The molecule has 4 nitrogen and oxygen atoms in total. The minimum Gasteiger partial charge on any atom is -0.356 e. The summed E-state index contributed by atoms with van der Waals surface area (Å²) in [6, 6.07) is 9.54. The Morgan fingerprint density at radius 2 is 1.88 bits per heavy atom. The van der Waals surface area contributed by atoms with Crippen LogP contribution in [-0.4, -0.2) is 22.5 Å². The van der Waals surface area contributed by atoms with E-state index in [1.54, 1.807) is 6.07 Å². The number of fused-ring (bicyclic) bond motifs is 2. The third-order valence-electron chi connectivity index (χ3n) is 4.42. The Bertz CT molecular complexity index is 936. The zero-order chi connectivity index (χ0) is 16.7. The average molecular weight is 328 g/mol. The van der Waals surface area contributed by atoms with Crippen LogP contribution < -0.4 is 0 Å². The van der Waals surface area contributed by atoms with Crippen LogP contribution in [-0.2, 0) is 24.2 Å². The summed E-state index contributed by atoms with van der Waals surface area (Å²) in [6.07, 6.45) is 0.382. The van der Waals surface area contributed by atoms with Gasteiger partial charge in [-0.3, -0.25) is 4.79 Å². The SMILES string of the molecule is O=C(Cc1noc2ccccc12)N1CCc2c(F)ccc(F)c2C1. The second-order valence-corrected chi connectivity index (χ2v) is 5.85. The molecule has 0 atom stereocenters. The van der Waals surface area contributed by atoms with Crippen molar-refractivity contribution in [3.8, 4) is 0 Å². The van der Waals surface area contributed by atoms with Crippen LogP contribution in [0.4, 0.5) is 8.78 Å². The van der Waals surface area contributed by atoms with Gasteiger partial charge in [-0.1, -0.05) is 17.3 Å². The second kappa shape index (κ2) is 5.70. The maximum absolute atomic E-state index is 13.9. The molecule has 122 valence electrons. The molecule has 1 aliphatic rings. The Kier molecular flexibility index (Phi) is 3.52. The number of hydrogen-bond acceptors (Lipinski definition) is 3. The van der Waals surface area contributed by atoms with Crippen LogP contribution in [0.2, 0.25) is 0 Å². The van der Waals surface area contributed by atoms with Gasteiger partial charge in [0.05, 0.1) is 6.42 Å². The molecule has 0 saturated heterocycles. The lowest BCUT2D eigenvalue weighted by atomic mass is 9.98.